The molecule has 0 saturated carbocycles. The molecule has 0 radical (unpaired) electrons. The van der Waals surface area contributed by atoms with Crippen LogP contribution in [0.3, 0.4) is 0 Å². The Balaban J connectivity index is 0.999. The van der Waals surface area contributed by atoms with Gasteiger partial charge >= 0.3 is 0 Å². The van der Waals surface area contributed by atoms with Gasteiger partial charge in [0, 0.05) is 38.9 Å². The molecule has 1 heterocycles. The van der Waals surface area contributed by atoms with Crippen LogP contribution in [-0.2, 0) is 5.41 Å². The molecule has 2 nitrogen and oxygen atoms in total. The first-order chi connectivity index (χ1) is 31.8. The van der Waals surface area contributed by atoms with E-state index < -0.39 is 0 Å². The number of fused-ring (bicyclic) bond motifs is 8. The third-order valence-corrected chi connectivity index (χ3v) is 14.4. The van der Waals surface area contributed by atoms with E-state index >= 15 is 0 Å². The molecule has 0 spiro atoms. The van der Waals surface area contributed by atoms with Gasteiger partial charge in [0.25, 0.3) is 0 Å². The maximum absolute atomic E-state index is 2.45. The Labute approximate surface area is 382 Å². The Morgan fingerprint density at radius 2 is 1.08 bits per heavy atom. The minimum Gasteiger partial charge on any atom is -0.310 e. The lowest BCUT2D eigenvalue weighted by atomic mass is 9.82. The van der Waals surface area contributed by atoms with Gasteiger partial charge in [-0.3, -0.25) is 0 Å². The van der Waals surface area contributed by atoms with E-state index in [1.54, 1.807) is 0 Å². The molecule has 0 atom stereocenters. The summed E-state index contributed by atoms with van der Waals surface area (Å²) in [5.41, 5.74) is 22.7. The molecule has 0 N–H and O–H groups in total. The number of anilines is 3. The van der Waals surface area contributed by atoms with Crippen molar-refractivity contribution in [2.45, 2.75) is 46.0 Å². The molecule has 312 valence electrons. The molecule has 2 heteroatoms. The summed E-state index contributed by atoms with van der Waals surface area (Å²) in [6.07, 6.45) is 6.77. The van der Waals surface area contributed by atoms with Gasteiger partial charge < -0.3 is 9.47 Å². The van der Waals surface area contributed by atoms with Crippen molar-refractivity contribution in [3.05, 3.63) is 234 Å². The Kier molecular flexibility index (Phi) is 9.14. The van der Waals surface area contributed by atoms with Crippen LogP contribution >= 0.6 is 0 Å². The monoisotopic (exact) mass is 834 g/mol. The smallest absolute Gasteiger partial charge is 0.0547 e. The van der Waals surface area contributed by atoms with Gasteiger partial charge in [0.2, 0.25) is 0 Å². The summed E-state index contributed by atoms with van der Waals surface area (Å²) in [7, 11) is 0. The van der Waals surface area contributed by atoms with Gasteiger partial charge in [-0.05, 0) is 171 Å². The molecule has 0 aliphatic heterocycles. The first-order valence-electron chi connectivity index (χ1n) is 23.1. The molecule has 0 saturated heterocycles. The summed E-state index contributed by atoms with van der Waals surface area (Å²) in [6, 6.07) is 72.1. The number of hydrogen-bond acceptors (Lipinski definition) is 1. The highest BCUT2D eigenvalue weighted by atomic mass is 15.1. The lowest BCUT2D eigenvalue weighted by Gasteiger charge is -2.28. The molecule has 0 amide bonds. The Morgan fingerprint density at radius 3 is 1.82 bits per heavy atom. The fourth-order valence-electron chi connectivity index (χ4n) is 11.1. The van der Waals surface area contributed by atoms with Crippen LogP contribution in [0.4, 0.5) is 17.1 Å². The predicted octanol–water partition coefficient (Wildman–Crippen LogP) is 17.5. The van der Waals surface area contributed by atoms with Crippen LogP contribution in [0.25, 0.3) is 77.2 Å². The minimum atomic E-state index is -0.105. The lowest BCUT2D eigenvalue weighted by Crippen LogP contribution is -2.16. The first kappa shape index (κ1) is 39.0. The molecule has 10 aromatic rings. The second-order valence-corrected chi connectivity index (χ2v) is 18.5. The van der Waals surface area contributed by atoms with Gasteiger partial charge in [-0.1, -0.05) is 153 Å². The van der Waals surface area contributed by atoms with Crippen molar-refractivity contribution < 1.29 is 0 Å². The fourth-order valence-corrected chi connectivity index (χ4v) is 11.1. The molecule has 0 bridgehead atoms. The van der Waals surface area contributed by atoms with E-state index in [2.05, 4.69) is 243 Å². The summed E-state index contributed by atoms with van der Waals surface area (Å²) in [6.45, 7) is 9.27. The average Bonchev–Trinajstić information content (AvgIpc) is 3.80. The van der Waals surface area contributed by atoms with E-state index in [0.717, 1.165) is 29.9 Å². The van der Waals surface area contributed by atoms with Crippen molar-refractivity contribution in [3.63, 3.8) is 0 Å². The van der Waals surface area contributed by atoms with Crippen molar-refractivity contribution >= 4 is 55.2 Å². The van der Waals surface area contributed by atoms with Crippen LogP contribution in [-0.4, -0.2) is 4.57 Å². The van der Waals surface area contributed by atoms with Crippen molar-refractivity contribution in [3.8, 4) is 39.1 Å². The highest BCUT2D eigenvalue weighted by Crippen LogP contribution is 2.51. The number of para-hydroxylation sites is 1. The van der Waals surface area contributed by atoms with Gasteiger partial charge in [0.05, 0.1) is 11.0 Å². The number of benzene rings is 9. The van der Waals surface area contributed by atoms with Gasteiger partial charge in [0.15, 0.2) is 0 Å². The average molecular weight is 835 g/mol. The van der Waals surface area contributed by atoms with E-state index in [4.69, 9.17) is 0 Å². The molecule has 2 aliphatic carbocycles. The molecule has 65 heavy (non-hydrogen) atoms. The first-order valence-corrected chi connectivity index (χ1v) is 23.1. The Hall–Kier alpha value is -7.68. The number of rotatable bonds is 7. The Bertz CT molecular complexity index is 3550. The highest BCUT2D eigenvalue weighted by molar-refractivity contribution is 6.23. The van der Waals surface area contributed by atoms with E-state index in [-0.39, 0.29) is 5.41 Å². The standard InChI is InChI=1S/C63H50N2/c1-41-15-11-12-20-51(41)61-42(2)23-34-55-54(61)36-38-60-62(55)56-39-46(28-37-59(56)65(60)47-18-9-6-10-19-47)45-26-31-49(32-27-45)64(48-29-24-44(25-30-48)43-16-7-5-8-17-43)50-33-35-53-52-21-13-14-22-57(52)63(3,4)58(53)40-50/h5-11,13-19,21-40H,12,20H2,1-4H3. The third-order valence-electron chi connectivity index (χ3n) is 14.4. The molecular formula is C63H50N2. The quantitative estimate of drug-likeness (QED) is 0.155. The minimum absolute atomic E-state index is 0.105. The molecule has 2 aliphatic rings. The van der Waals surface area contributed by atoms with Crippen molar-refractivity contribution in [2.75, 3.05) is 4.90 Å². The van der Waals surface area contributed by atoms with E-state index in [9.17, 15) is 0 Å². The van der Waals surface area contributed by atoms with Crippen molar-refractivity contribution in [1.82, 2.24) is 4.57 Å². The second-order valence-electron chi connectivity index (χ2n) is 18.5. The Morgan fingerprint density at radius 1 is 0.477 bits per heavy atom. The molecule has 0 fully saturated rings. The van der Waals surface area contributed by atoms with Crippen LogP contribution in [0, 0.1) is 6.92 Å². The topological polar surface area (TPSA) is 8.17 Å². The molecule has 0 unspecified atom stereocenters. The number of nitrogens with zero attached hydrogens (tertiary/aromatic N) is 2. The zero-order chi connectivity index (χ0) is 43.8. The predicted molar refractivity (Wildman–Crippen MR) is 277 cm³/mol. The van der Waals surface area contributed by atoms with Crippen LogP contribution < -0.4 is 4.90 Å². The largest absolute Gasteiger partial charge is 0.310 e. The van der Waals surface area contributed by atoms with Gasteiger partial charge in [-0.25, -0.2) is 0 Å². The number of hydrogen-bond donors (Lipinski definition) is 0. The van der Waals surface area contributed by atoms with Crippen molar-refractivity contribution in [1.29, 1.82) is 0 Å². The van der Waals surface area contributed by atoms with Crippen molar-refractivity contribution in [2.24, 2.45) is 0 Å². The fraction of sp³-hybridized carbons (Fsp3) is 0.111. The molecular weight excluding hydrogens is 785 g/mol. The lowest BCUT2D eigenvalue weighted by molar-refractivity contribution is 0.660. The van der Waals surface area contributed by atoms with Gasteiger partial charge in [-0.15, -0.1) is 0 Å². The second kappa shape index (κ2) is 15.2. The molecule has 9 aromatic carbocycles. The zero-order valence-corrected chi connectivity index (χ0v) is 37.4. The number of aryl methyl sites for hydroxylation is 1. The number of allylic oxidation sites excluding steroid dienone is 4. The highest BCUT2D eigenvalue weighted by Gasteiger charge is 2.35. The van der Waals surface area contributed by atoms with Crippen LogP contribution in [0.2, 0.25) is 0 Å². The zero-order valence-electron chi connectivity index (χ0n) is 37.4. The van der Waals surface area contributed by atoms with Crippen LogP contribution in [0.5, 0.6) is 0 Å². The van der Waals surface area contributed by atoms with Crippen LogP contribution in [0.15, 0.2) is 212 Å². The summed E-state index contributed by atoms with van der Waals surface area (Å²) < 4.78 is 2.45. The molecule has 1 aromatic heterocycles. The number of aromatic nitrogens is 1. The summed E-state index contributed by atoms with van der Waals surface area (Å²) >= 11 is 0. The maximum Gasteiger partial charge on any atom is 0.0547 e. The van der Waals surface area contributed by atoms with E-state index in [1.807, 2.05) is 0 Å². The summed E-state index contributed by atoms with van der Waals surface area (Å²) in [4.78, 5) is 2.42. The van der Waals surface area contributed by atoms with E-state index in [1.165, 1.54) is 105 Å². The summed E-state index contributed by atoms with van der Waals surface area (Å²) in [5.74, 6) is 0. The third kappa shape index (κ3) is 6.31. The van der Waals surface area contributed by atoms with Gasteiger partial charge in [0.1, 0.15) is 0 Å². The van der Waals surface area contributed by atoms with E-state index in [0.29, 0.717) is 0 Å². The maximum atomic E-state index is 2.45. The van der Waals surface area contributed by atoms with Crippen LogP contribution in [0.1, 0.15) is 55.9 Å². The van der Waals surface area contributed by atoms with Gasteiger partial charge in [-0.2, -0.15) is 0 Å². The normalized spacial score (nSPS) is 14.0. The SMILES string of the molecule is CC1=C(c2c(C)ccc3c2ccc2c3c3cc(-c4ccc(N(c5ccc(-c6ccccc6)cc5)c5ccc6c(c5)C(C)(C)c5ccccc5-6)cc4)ccc3n2-c2ccccc2)CCC=C1. The molecule has 12 rings (SSSR count). The summed E-state index contributed by atoms with van der Waals surface area (Å²) in [5, 5.41) is 5.21.